The van der Waals surface area contributed by atoms with Crippen LogP contribution in [0.5, 0.6) is 0 Å². The van der Waals surface area contributed by atoms with Crippen LogP contribution in [0.25, 0.3) is 0 Å². The number of aryl methyl sites for hydroxylation is 3. The monoisotopic (exact) mass is 326 g/mol. The lowest BCUT2D eigenvalue weighted by Gasteiger charge is -2.36. The minimum absolute atomic E-state index is 0.614. The molecule has 0 radical (unpaired) electrons. The molecule has 0 fully saturated rings. The average Bonchev–Trinajstić information content (AvgIpc) is 2.69. The zero-order valence-electron chi connectivity index (χ0n) is 16.4. The van der Waals surface area contributed by atoms with E-state index in [-0.39, 0.29) is 0 Å². The van der Waals surface area contributed by atoms with Crippen LogP contribution in [-0.4, -0.2) is 8.07 Å². The maximum Gasteiger partial charge on any atom is 0.112 e. The fourth-order valence-corrected chi connectivity index (χ4v) is 10.9. The summed E-state index contributed by atoms with van der Waals surface area (Å²) in [6.07, 6.45) is 5.12. The Balaban J connectivity index is 2.67. The van der Waals surface area contributed by atoms with Gasteiger partial charge in [-0.2, -0.15) is 0 Å². The van der Waals surface area contributed by atoms with E-state index >= 15 is 0 Å². The van der Waals surface area contributed by atoms with Gasteiger partial charge in [0.05, 0.1) is 0 Å². The van der Waals surface area contributed by atoms with Crippen LogP contribution in [0.4, 0.5) is 0 Å². The van der Waals surface area contributed by atoms with Gasteiger partial charge in [0.25, 0.3) is 0 Å². The SMILES string of the molecule is CCCC[Si](C)(C1=C(C)C(C)=CC1C)c1c(C)cc(C)cc1C. The average molecular weight is 327 g/mol. The molecule has 0 saturated carbocycles. The first-order chi connectivity index (χ1) is 10.7. The predicted octanol–water partition coefficient (Wildman–Crippen LogP) is 6.15. The fraction of sp³-hybridized carbons (Fsp3) is 0.545. The second-order valence-corrected chi connectivity index (χ2v) is 12.1. The Morgan fingerprint density at radius 1 is 1.00 bits per heavy atom. The largest absolute Gasteiger partial charge is 0.112 e. The highest BCUT2D eigenvalue weighted by molar-refractivity contribution is 6.97. The minimum atomic E-state index is -1.67. The van der Waals surface area contributed by atoms with E-state index < -0.39 is 8.07 Å². The van der Waals surface area contributed by atoms with Gasteiger partial charge in [-0.05, 0) is 51.8 Å². The van der Waals surface area contributed by atoms with Crippen molar-refractivity contribution in [2.24, 2.45) is 5.92 Å². The second-order valence-electron chi connectivity index (χ2n) is 7.89. The molecule has 0 nitrogen and oxygen atoms in total. The lowest BCUT2D eigenvalue weighted by atomic mass is 10.1. The molecule has 0 amide bonds. The van der Waals surface area contributed by atoms with E-state index in [9.17, 15) is 0 Å². The third kappa shape index (κ3) is 3.26. The molecule has 2 rings (SSSR count). The van der Waals surface area contributed by atoms with Crippen molar-refractivity contribution in [2.45, 2.75) is 73.9 Å². The van der Waals surface area contributed by atoms with Crippen molar-refractivity contribution in [3.05, 3.63) is 51.2 Å². The van der Waals surface area contributed by atoms with E-state index in [2.05, 4.69) is 73.2 Å². The molecule has 1 aliphatic rings. The lowest BCUT2D eigenvalue weighted by Crippen LogP contribution is -2.51. The highest BCUT2D eigenvalue weighted by Gasteiger charge is 2.40. The Kier molecular flexibility index (Phi) is 5.40. The molecule has 0 saturated heterocycles. The quantitative estimate of drug-likeness (QED) is 0.569. The Morgan fingerprint density at radius 3 is 2.00 bits per heavy atom. The number of rotatable bonds is 5. The molecule has 2 atom stereocenters. The zero-order valence-corrected chi connectivity index (χ0v) is 17.4. The van der Waals surface area contributed by atoms with Gasteiger partial charge in [-0.25, -0.2) is 0 Å². The van der Waals surface area contributed by atoms with Gasteiger partial charge in [-0.1, -0.05) is 84.5 Å². The molecule has 0 aromatic heterocycles. The molecule has 0 N–H and O–H groups in total. The van der Waals surface area contributed by atoms with Crippen LogP contribution in [0, 0.1) is 26.7 Å². The van der Waals surface area contributed by atoms with E-state index in [0.29, 0.717) is 5.92 Å². The predicted molar refractivity (Wildman–Crippen MR) is 107 cm³/mol. The maximum absolute atomic E-state index is 2.63. The molecule has 0 spiro atoms. The van der Waals surface area contributed by atoms with Crippen LogP contribution in [-0.2, 0) is 0 Å². The Morgan fingerprint density at radius 2 is 1.57 bits per heavy atom. The summed E-state index contributed by atoms with van der Waals surface area (Å²) in [5.74, 6) is 0.614. The molecular weight excluding hydrogens is 292 g/mol. The molecule has 1 aliphatic carbocycles. The van der Waals surface area contributed by atoms with Crippen LogP contribution in [0.3, 0.4) is 0 Å². The van der Waals surface area contributed by atoms with Crippen molar-refractivity contribution in [3.63, 3.8) is 0 Å². The maximum atomic E-state index is 2.63. The van der Waals surface area contributed by atoms with Gasteiger partial charge in [0.1, 0.15) is 8.07 Å². The molecular formula is C22H34Si. The van der Waals surface area contributed by atoms with Crippen molar-refractivity contribution in [1.82, 2.24) is 0 Å². The molecule has 1 heteroatoms. The second kappa shape index (κ2) is 6.81. The van der Waals surface area contributed by atoms with Gasteiger partial charge in [0, 0.05) is 0 Å². The smallest absolute Gasteiger partial charge is 0.0748 e. The molecule has 1 aromatic carbocycles. The summed E-state index contributed by atoms with van der Waals surface area (Å²) in [6, 6.07) is 6.18. The lowest BCUT2D eigenvalue weighted by molar-refractivity contribution is 0.855. The third-order valence-electron chi connectivity index (χ3n) is 5.80. The summed E-state index contributed by atoms with van der Waals surface area (Å²) < 4.78 is 0. The first kappa shape index (κ1) is 18.3. The van der Waals surface area contributed by atoms with E-state index in [1.807, 2.05) is 0 Å². The van der Waals surface area contributed by atoms with Gasteiger partial charge < -0.3 is 0 Å². The third-order valence-corrected chi connectivity index (χ3v) is 11.1. The molecule has 2 unspecified atom stereocenters. The number of hydrogen-bond acceptors (Lipinski definition) is 0. The van der Waals surface area contributed by atoms with Crippen LogP contribution >= 0.6 is 0 Å². The van der Waals surface area contributed by atoms with Gasteiger partial charge >= 0.3 is 0 Å². The number of benzene rings is 1. The number of allylic oxidation sites excluding steroid dienone is 4. The van der Waals surface area contributed by atoms with E-state index in [1.165, 1.54) is 41.1 Å². The van der Waals surface area contributed by atoms with Gasteiger partial charge in [0.15, 0.2) is 0 Å². The van der Waals surface area contributed by atoms with Crippen LogP contribution in [0.2, 0.25) is 12.6 Å². The number of unbranched alkanes of at least 4 members (excludes halogenated alkanes) is 1. The van der Waals surface area contributed by atoms with Crippen molar-refractivity contribution < 1.29 is 0 Å². The Hall–Kier alpha value is -1.08. The normalized spacial score (nSPS) is 20.7. The van der Waals surface area contributed by atoms with Crippen molar-refractivity contribution in [3.8, 4) is 0 Å². The Labute approximate surface area is 144 Å². The van der Waals surface area contributed by atoms with E-state index in [4.69, 9.17) is 0 Å². The highest BCUT2D eigenvalue weighted by atomic mass is 28.3. The molecule has 126 valence electrons. The summed E-state index contributed by atoms with van der Waals surface area (Å²) in [4.78, 5) is 0. The summed E-state index contributed by atoms with van der Waals surface area (Å²) in [5.41, 5.74) is 7.53. The Bertz CT molecular complexity index is 640. The topological polar surface area (TPSA) is 0 Å². The van der Waals surface area contributed by atoms with Gasteiger partial charge in [0.2, 0.25) is 0 Å². The highest BCUT2D eigenvalue weighted by Crippen LogP contribution is 2.39. The number of hydrogen-bond donors (Lipinski definition) is 0. The summed E-state index contributed by atoms with van der Waals surface area (Å²) in [7, 11) is -1.67. The van der Waals surface area contributed by atoms with E-state index in [0.717, 1.165) is 0 Å². The molecule has 0 heterocycles. The zero-order chi connectivity index (χ0) is 17.4. The van der Waals surface area contributed by atoms with Crippen molar-refractivity contribution in [1.29, 1.82) is 0 Å². The van der Waals surface area contributed by atoms with Crippen LogP contribution in [0.15, 0.2) is 34.6 Å². The van der Waals surface area contributed by atoms with E-state index in [1.54, 1.807) is 16.0 Å². The standard InChI is InChI=1S/C22H34Si/c1-9-10-11-23(8,22-19(6)14-16(3)20(22)7)21-17(4)12-15(2)13-18(21)5/h12-14,19H,9-11H2,1-8H3. The van der Waals surface area contributed by atoms with Gasteiger partial charge in [-0.3, -0.25) is 0 Å². The minimum Gasteiger partial charge on any atom is -0.0748 e. The summed E-state index contributed by atoms with van der Waals surface area (Å²) in [5, 5.41) is 3.50. The summed E-state index contributed by atoms with van der Waals surface area (Å²) >= 11 is 0. The van der Waals surface area contributed by atoms with Gasteiger partial charge in [-0.15, -0.1) is 0 Å². The fourth-order valence-electron chi connectivity index (χ4n) is 5.03. The van der Waals surface area contributed by atoms with Crippen LogP contribution in [0.1, 0.15) is 57.2 Å². The first-order valence-corrected chi connectivity index (χ1v) is 11.9. The molecule has 0 bridgehead atoms. The first-order valence-electron chi connectivity index (χ1n) is 9.20. The molecule has 1 aromatic rings. The van der Waals surface area contributed by atoms with Crippen LogP contribution < -0.4 is 5.19 Å². The van der Waals surface area contributed by atoms with Crippen molar-refractivity contribution >= 4 is 13.3 Å². The van der Waals surface area contributed by atoms with Crippen molar-refractivity contribution in [2.75, 3.05) is 0 Å². The molecule has 0 aliphatic heterocycles. The molecule has 23 heavy (non-hydrogen) atoms. The summed E-state index contributed by atoms with van der Waals surface area (Å²) in [6.45, 7) is 18.9.